The number of carbonyl (C=O) groups is 4. The Kier molecular flexibility index (Phi) is 12.6. The molecule has 3 aliphatic rings. The van der Waals surface area contributed by atoms with Crippen LogP contribution in [0.25, 0.3) is 11.1 Å². The number of thioether (sulfide) groups is 1. The van der Waals surface area contributed by atoms with Gasteiger partial charge in [-0.25, -0.2) is 9.59 Å². The van der Waals surface area contributed by atoms with Crippen LogP contribution in [-0.2, 0) is 28.6 Å². The van der Waals surface area contributed by atoms with Crippen LogP contribution in [0.15, 0.2) is 66.7 Å². The molecule has 2 heterocycles. The monoisotopic (exact) mass is 717 g/mol. The second kappa shape index (κ2) is 16.7. The molecule has 2 aromatic rings. The summed E-state index contributed by atoms with van der Waals surface area (Å²) in [6.45, 7) is 9.76. The number of fused-ring (bicyclic) bond motifs is 2. The van der Waals surface area contributed by atoms with E-state index < -0.39 is 40.0 Å². The molecule has 5 atom stereocenters. The van der Waals surface area contributed by atoms with Crippen molar-refractivity contribution in [3.05, 3.63) is 72.3 Å². The number of esters is 1. The molecule has 0 unspecified atom stereocenters. The van der Waals surface area contributed by atoms with Crippen molar-refractivity contribution in [1.82, 2.24) is 15.5 Å². The molecule has 0 radical (unpaired) electrons. The second-order valence-electron chi connectivity index (χ2n) is 15.1. The van der Waals surface area contributed by atoms with E-state index in [2.05, 4.69) is 60.0 Å². The topological polar surface area (TPSA) is 114 Å². The molecule has 276 valence electrons. The number of hydrogen-bond acceptors (Lipinski definition) is 7. The average molecular weight is 718 g/mol. The zero-order valence-electron chi connectivity index (χ0n) is 30.9. The van der Waals surface area contributed by atoms with E-state index in [4.69, 9.17) is 9.47 Å². The lowest BCUT2D eigenvalue weighted by molar-refractivity contribution is -0.150. The molecule has 0 bridgehead atoms. The molecule has 2 aromatic carbocycles. The van der Waals surface area contributed by atoms with Crippen molar-refractivity contribution in [2.24, 2.45) is 5.92 Å². The van der Waals surface area contributed by atoms with E-state index in [9.17, 15) is 19.2 Å². The Balaban J connectivity index is 1.55. The highest BCUT2D eigenvalue weighted by molar-refractivity contribution is 8.00. The third-order valence-corrected chi connectivity index (χ3v) is 11.6. The van der Waals surface area contributed by atoms with Crippen molar-refractivity contribution in [3.8, 4) is 11.1 Å². The highest BCUT2D eigenvalue weighted by Crippen LogP contribution is 2.50. The number of nitrogens with zero attached hydrogens (tertiary/aromatic N) is 1. The largest absolute Gasteiger partial charge is 0.464 e. The zero-order valence-corrected chi connectivity index (χ0v) is 31.7. The lowest BCUT2D eigenvalue weighted by Crippen LogP contribution is -2.56. The lowest BCUT2D eigenvalue weighted by Gasteiger charge is -2.32. The summed E-state index contributed by atoms with van der Waals surface area (Å²) < 4.78 is 10.5. The Hall–Kier alpha value is -3.79. The summed E-state index contributed by atoms with van der Waals surface area (Å²) in [7, 11) is 0. The molecular formula is C41H55N3O6S. The van der Waals surface area contributed by atoms with Crippen molar-refractivity contribution in [1.29, 1.82) is 0 Å². The standard InChI is InChI=1S/C41H55N3O6S/c1-6-8-25-51-40(31-23-21-30(22-24-31)29-17-13-12-14-18-29)27-34-35(45)43-41(37(47)49-7-2)26-32(41)19-15-10-9-11-16-20-33(36(46)44(34)28-40)42-38(48)50-39(3,4)5/h12-15,17-19,21-24,32-34H,6-11,16,20,25-28H2,1-5H3,(H,42,48)(H,43,45)/t32-,33+,34+,40+,41-/m1/s1. The summed E-state index contributed by atoms with van der Waals surface area (Å²) in [6.07, 6.45) is 9.99. The smallest absolute Gasteiger partial charge is 0.408 e. The average Bonchev–Trinajstić information content (AvgIpc) is 3.65. The molecule has 2 N–H and O–H groups in total. The van der Waals surface area contributed by atoms with Crippen molar-refractivity contribution in [2.45, 2.75) is 120 Å². The van der Waals surface area contributed by atoms with Crippen molar-refractivity contribution < 1.29 is 28.7 Å². The van der Waals surface area contributed by atoms with Gasteiger partial charge in [0.1, 0.15) is 23.2 Å². The number of unbranched alkanes of at least 4 members (excludes halogenated alkanes) is 1. The van der Waals surface area contributed by atoms with Crippen molar-refractivity contribution in [2.75, 3.05) is 18.9 Å². The molecule has 1 saturated heterocycles. The number of rotatable bonds is 9. The van der Waals surface area contributed by atoms with Crippen LogP contribution in [-0.4, -0.2) is 70.9 Å². The van der Waals surface area contributed by atoms with Crippen LogP contribution in [0.4, 0.5) is 4.79 Å². The fraction of sp³-hybridized carbons (Fsp3) is 0.561. The summed E-state index contributed by atoms with van der Waals surface area (Å²) in [5.74, 6) is -0.459. The number of carbonyl (C=O) groups excluding carboxylic acids is 4. The number of amides is 3. The molecule has 2 aliphatic heterocycles. The first kappa shape index (κ1) is 38.4. The van der Waals surface area contributed by atoms with Gasteiger partial charge >= 0.3 is 12.1 Å². The van der Waals surface area contributed by atoms with Crippen LogP contribution in [0.2, 0.25) is 0 Å². The zero-order chi connectivity index (χ0) is 36.6. The first-order valence-electron chi connectivity index (χ1n) is 18.7. The van der Waals surface area contributed by atoms with E-state index in [0.717, 1.165) is 61.0 Å². The van der Waals surface area contributed by atoms with Gasteiger partial charge in [-0.1, -0.05) is 92.9 Å². The van der Waals surface area contributed by atoms with Crippen LogP contribution in [0.5, 0.6) is 0 Å². The van der Waals surface area contributed by atoms with E-state index in [-0.39, 0.29) is 30.9 Å². The third-order valence-electron chi connectivity index (χ3n) is 10.0. The molecule has 1 aliphatic carbocycles. The first-order chi connectivity index (χ1) is 24.4. The minimum absolute atomic E-state index is 0.174. The Morgan fingerprint density at radius 2 is 1.71 bits per heavy atom. The highest BCUT2D eigenvalue weighted by Gasteiger charge is 2.63. The molecular weight excluding hydrogens is 663 g/mol. The van der Waals surface area contributed by atoms with Gasteiger partial charge in [-0.3, -0.25) is 9.59 Å². The van der Waals surface area contributed by atoms with Gasteiger partial charge in [0.15, 0.2) is 0 Å². The van der Waals surface area contributed by atoms with Gasteiger partial charge in [0.05, 0.1) is 11.4 Å². The maximum Gasteiger partial charge on any atom is 0.408 e. The summed E-state index contributed by atoms with van der Waals surface area (Å²) in [5.41, 5.74) is 1.33. The van der Waals surface area contributed by atoms with E-state index in [0.29, 0.717) is 19.3 Å². The number of nitrogens with one attached hydrogen (secondary N) is 2. The van der Waals surface area contributed by atoms with Gasteiger partial charge in [0, 0.05) is 12.5 Å². The number of allylic oxidation sites excluding steroid dienone is 1. The van der Waals surface area contributed by atoms with E-state index in [1.807, 2.05) is 24.3 Å². The molecule has 0 spiro atoms. The van der Waals surface area contributed by atoms with Gasteiger partial charge in [0.25, 0.3) is 0 Å². The van der Waals surface area contributed by atoms with Crippen LogP contribution >= 0.6 is 11.8 Å². The minimum Gasteiger partial charge on any atom is -0.464 e. The maximum absolute atomic E-state index is 14.8. The molecule has 5 rings (SSSR count). The van der Waals surface area contributed by atoms with E-state index in [1.54, 1.807) is 44.4 Å². The number of alkyl carbamates (subject to hydrolysis) is 1. The molecule has 2 fully saturated rings. The molecule has 3 amide bonds. The Morgan fingerprint density at radius 1 is 0.980 bits per heavy atom. The Bertz CT molecular complexity index is 1560. The molecule has 0 aromatic heterocycles. The predicted molar refractivity (Wildman–Crippen MR) is 202 cm³/mol. The first-order valence-corrected chi connectivity index (χ1v) is 19.7. The van der Waals surface area contributed by atoms with E-state index >= 15 is 0 Å². The van der Waals surface area contributed by atoms with Crippen LogP contribution < -0.4 is 10.6 Å². The fourth-order valence-corrected chi connectivity index (χ4v) is 8.84. The Morgan fingerprint density at radius 3 is 2.39 bits per heavy atom. The van der Waals surface area contributed by atoms with Crippen LogP contribution in [0.1, 0.15) is 98.0 Å². The summed E-state index contributed by atoms with van der Waals surface area (Å²) in [4.78, 5) is 57.5. The minimum atomic E-state index is -1.16. The summed E-state index contributed by atoms with van der Waals surface area (Å²) >= 11 is 1.78. The van der Waals surface area contributed by atoms with Crippen molar-refractivity contribution >= 4 is 35.6 Å². The molecule has 1 saturated carbocycles. The SMILES string of the molecule is CCCCS[C@@]1(c2ccc(-c3ccccc3)cc2)C[C@H]2C(=O)N[C@]3(C(=O)OCC)C[C@H]3C=CCCCCC[C@H](NC(=O)OC(C)(C)C)C(=O)N2C1. The van der Waals surface area contributed by atoms with E-state index in [1.165, 1.54) is 0 Å². The number of benzene rings is 2. The maximum atomic E-state index is 14.8. The molecule has 51 heavy (non-hydrogen) atoms. The molecule has 9 nitrogen and oxygen atoms in total. The Labute approximate surface area is 307 Å². The molecule has 10 heteroatoms. The van der Waals surface area contributed by atoms with Crippen LogP contribution in [0, 0.1) is 5.92 Å². The lowest BCUT2D eigenvalue weighted by atomic mass is 9.93. The number of hydrogen-bond donors (Lipinski definition) is 2. The van der Waals surface area contributed by atoms with Crippen LogP contribution in [0.3, 0.4) is 0 Å². The van der Waals surface area contributed by atoms with Gasteiger partial charge in [-0.2, -0.15) is 0 Å². The third kappa shape index (κ3) is 9.36. The fourth-order valence-electron chi connectivity index (χ4n) is 7.21. The summed E-state index contributed by atoms with van der Waals surface area (Å²) in [5, 5.41) is 5.98. The van der Waals surface area contributed by atoms with Crippen molar-refractivity contribution in [3.63, 3.8) is 0 Å². The summed E-state index contributed by atoms with van der Waals surface area (Å²) in [6, 6.07) is 16.9. The highest BCUT2D eigenvalue weighted by atomic mass is 32.2. The second-order valence-corrected chi connectivity index (χ2v) is 16.6. The van der Waals surface area contributed by atoms with Gasteiger partial charge in [-0.15, -0.1) is 11.8 Å². The quantitative estimate of drug-likeness (QED) is 0.157. The normalized spacial score (nSPS) is 26.9. The van der Waals surface area contributed by atoms with Gasteiger partial charge in [-0.05, 0) is 88.7 Å². The predicted octanol–water partition coefficient (Wildman–Crippen LogP) is 7.53. The van der Waals surface area contributed by atoms with Gasteiger partial charge < -0.3 is 25.0 Å². The van der Waals surface area contributed by atoms with Gasteiger partial charge in [0.2, 0.25) is 11.8 Å². The number of ether oxygens (including phenoxy) is 2.